The van der Waals surface area contributed by atoms with Crippen LogP contribution in [0.5, 0.6) is 5.75 Å². The molecule has 0 aliphatic heterocycles. The van der Waals surface area contributed by atoms with Crippen molar-refractivity contribution in [3.63, 3.8) is 0 Å². The van der Waals surface area contributed by atoms with E-state index in [-0.39, 0.29) is 11.3 Å². The Bertz CT molecular complexity index is 559. The first kappa shape index (κ1) is 12.7. The normalized spacial score (nSPS) is 11.8. The molecule has 3 nitrogen and oxygen atoms in total. The van der Waals surface area contributed by atoms with Gasteiger partial charge >= 0.3 is 0 Å². The molecule has 2 aromatic rings. The Balaban J connectivity index is 2.66. The van der Waals surface area contributed by atoms with E-state index in [1.807, 2.05) is 35.9 Å². The van der Waals surface area contributed by atoms with Gasteiger partial charge in [0.05, 0.1) is 5.54 Å². The molecule has 1 aromatic heterocycles. The second-order valence-corrected chi connectivity index (χ2v) is 5.73. The Morgan fingerprint density at radius 3 is 2.11 bits per heavy atom. The molecule has 0 fully saturated rings. The van der Waals surface area contributed by atoms with Crippen molar-refractivity contribution < 1.29 is 5.11 Å². The van der Waals surface area contributed by atoms with Crippen LogP contribution in [0, 0.1) is 13.8 Å². The molecular weight excluding hydrogens is 224 g/mol. The summed E-state index contributed by atoms with van der Waals surface area (Å²) < 4.78 is 1.89. The first-order valence-corrected chi connectivity index (χ1v) is 6.17. The summed E-state index contributed by atoms with van der Waals surface area (Å²) >= 11 is 0. The number of hydrogen-bond acceptors (Lipinski definition) is 2. The molecule has 0 saturated heterocycles. The topological polar surface area (TPSA) is 38.1 Å². The molecule has 1 heterocycles. The molecular formula is C15H20N2O. The lowest BCUT2D eigenvalue weighted by atomic mass is 10.1. The third-order valence-electron chi connectivity index (χ3n) is 2.99. The minimum atomic E-state index is -0.161. The van der Waals surface area contributed by atoms with Crippen LogP contribution < -0.4 is 0 Å². The molecule has 0 aliphatic carbocycles. The molecule has 0 spiro atoms. The number of hydrogen-bond donors (Lipinski definition) is 1. The summed E-state index contributed by atoms with van der Waals surface area (Å²) in [6.45, 7) is 10.1. The van der Waals surface area contributed by atoms with Gasteiger partial charge in [-0.2, -0.15) is 5.10 Å². The van der Waals surface area contributed by atoms with E-state index in [2.05, 4.69) is 32.8 Å². The van der Waals surface area contributed by atoms with Gasteiger partial charge in [-0.05, 0) is 34.6 Å². The highest BCUT2D eigenvalue weighted by atomic mass is 16.3. The zero-order valence-corrected chi connectivity index (χ0v) is 11.7. The third-order valence-corrected chi connectivity index (χ3v) is 2.99. The Morgan fingerprint density at radius 1 is 1.06 bits per heavy atom. The summed E-state index contributed by atoms with van der Waals surface area (Å²) in [5.41, 5.74) is 3.50. The van der Waals surface area contributed by atoms with E-state index in [9.17, 15) is 5.11 Å². The number of rotatable bonds is 1. The second kappa shape index (κ2) is 4.16. The lowest BCUT2D eigenvalue weighted by molar-refractivity contribution is 0.357. The Kier molecular flexibility index (Phi) is 2.93. The van der Waals surface area contributed by atoms with Gasteiger partial charge < -0.3 is 5.11 Å². The second-order valence-electron chi connectivity index (χ2n) is 5.73. The summed E-state index contributed by atoms with van der Waals surface area (Å²) in [5, 5.41) is 14.7. The van der Waals surface area contributed by atoms with Crippen molar-refractivity contribution in [3.8, 4) is 17.0 Å². The van der Waals surface area contributed by atoms with Crippen molar-refractivity contribution in [2.75, 3.05) is 0 Å². The first-order valence-electron chi connectivity index (χ1n) is 6.17. The van der Waals surface area contributed by atoms with Crippen molar-refractivity contribution in [1.82, 2.24) is 9.78 Å². The smallest absolute Gasteiger partial charge is 0.164 e. The summed E-state index contributed by atoms with van der Waals surface area (Å²) in [4.78, 5) is 0. The monoisotopic (exact) mass is 244 g/mol. The van der Waals surface area contributed by atoms with E-state index in [1.165, 1.54) is 5.56 Å². The van der Waals surface area contributed by atoms with E-state index in [4.69, 9.17) is 0 Å². The molecule has 0 radical (unpaired) electrons. The van der Waals surface area contributed by atoms with Gasteiger partial charge in [0.15, 0.2) is 5.75 Å². The molecule has 1 N–H and O–H groups in total. The van der Waals surface area contributed by atoms with Crippen molar-refractivity contribution in [2.24, 2.45) is 0 Å². The number of aromatic nitrogens is 2. The summed E-state index contributed by atoms with van der Waals surface area (Å²) in [7, 11) is 0. The van der Waals surface area contributed by atoms with Gasteiger partial charge in [0.1, 0.15) is 11.4 Å². The number of nitrogens with zero attached hydrogens (tertiary/aromatic N) is 2. The number of benzene rings is 1. The molecule has 0 bridgehead atoms. The summed E-state index contributed by atoms with van der Waals surface area (Å²) in [6.07, 6.45) is 0. The van der Waals surface area contributed by atoms with Gasteiger partial charge in [-0.1, -0.05) is 29.8 Å². The quantitative estimate of drug-likeness (QED) is 0.832. The maximum atomic E-state index is 10.2. The lowest BCUT2D eigenvalue weighted by Crippen LogP contribution is -2.24. The molecule has 0 atom stereocenters. The highest BCUT2D eigenvalue weighted by Crippen LogP contribution is 2.35. The van der Waals surface area contributed by atoms with Crippen molar-refractivity contribution in [2.45, 2.75) is 40.2 Å². The average molecular weight is 244 g/mol. The Labute approximate surface area is 108 Å². The largest absolute Gasteiger partial charge is 0.504 e. The minimum Gasteiger partial charge on any atom is -0.504 e. The molecule has 0 aliphatic rings. The molecule has 0 saturated carbocycles. The fourth-order valence-corrected chi connectivity index (χ4v) is 1.97. The summed E-state index contributed by atoms with van der Waals surface area (Å²) in [6, 6.07) is 8.13. The van der Waals surface area contributed by atoms with Gasteiger partial charge in [0.25, 0.3) is 0 Å². The van der Waals surface area contributed by atoms with Crippen molar-refractivity contribution >= 4 is 0 Å². The molecule has 0 amide bonds. The zero-order valence-electron chi connectivity index (χ0n) is 11.7. The maximum Gasteiger partial charge on any atom is 0.164 e. The molecule has 96 valence electrons. The zero-order chi connectivity index (χ0) is 13.5. The predicted octanol–water partition coefficient (Wildman–Crippen LogP) is 3.63. The molecule has 1 aromatic carbocycles. The molecule has 0 unspecified atom stereocenters. The van der Waals surface area contributed by atoms with E-state index < -0.39 is 0 Å². The molecule has 18 heavy (non-hydrogen) atoms. The average Bonchev–Trinajstić information content (AvgIpc) is 2.57. The first-order chi connectivity index (χ1) is 8.30. The highest BCUT2D eigenvalue weighted by Gasteiger charge is 2.24. The lowest BCUT2D eigenvalue weighted by Gasteiger charge is -2.22. The number of aromatic hydroxyl groups is 1. The van der Waals surface area contributed by atoms with Gasteiger partial charge in [0, 0.05) is 5.56 Å². The van der Waals surface area contributed by atoms with E-state index in [1.54, 1.807) is 0 Å². The standard InChI is InChI=1S/C15H20N2O/c1-10-6-8-12(9-7-10)13-14(18)11(2)16-17(13)15(3,4)5/h6-9,18H,1-5H3. The maximum absolute atomic E-state index is 10.2. The highest BCUT2D eigenvalue weighted by molar-refractivity contribution is 5.68. The van der Waals surface area contributed by atoms with Crippen LogP contribution >= 0.6 is 0 Å². The van der Waals surface area contributed by atoms with E-state index in [0.29, 0.717) is 5.69 Å². The van der Waals surface area contributed by atoms with Crippen LogP contribution in [0.2, 0.25) is 0 Å². The molecule has 2 rings (SSSR count). The third kappa shape index (κ3) is 2.13. The van der Waals surface area contributed by atoms with Gasteiger partial charge in [-0.15, -0.1) is 0 Å². The SMILES string of the molecule is Cc1ccc(-c2c(O)c(C)nn2C(C)(C)C)cc1. The van der Waals surface area contributed by atoms with Crippen LogP contribution in [0.3, 0.4) is 0 Å². The van der Waals surface area contributed by atoms with Crippen LogP contribution in [0.25, 0.3) is 11.3 Å². The van der Waals surface area contributed by atoms with Crippen LogP contribution in [0.15, 0.2) is 24.3 Å². The minimum absolute atomic E-state index is 0.161. The predicted molar refractivity (Wildman–Crippen MR) is 73.8 cm³/mol. The fraction of sp³-hybridized carbons (Fsp3) is 0.400. The van der Waals surface area contributed by atoms with Gasteiger partial charge in [-0.3, -0.25) is 4.68 Å². The van der Waals surface area contributed by atoms with Gasteiger partial charge in [0.2, 0.25) is 0 Å². The van der Waals surface area contributed by atoms with Crippen LogP contribution in [0.1, 0.15) is 32.0 Å². The Morgan fingerprint density at radius 2 is 1.61 bits per heavy atom. The van der Waals surface area contributed by atoms with Crippen molar-refractivity contribution in [3.05, 3.63) is 35.5 Å². The fourth-order valence-electron chi connectivity index (χ4n) is 1.97. The van der Waals surface area contributed by atoms with Crippen LogP contribution in [0.4, 0.5) is 0 Å². The van der Waals surface area contributed by atoms with E-state index >= 15 is 0 Å². The summed E-state index contributed by atoms with van der Waals surface area (Å²) in [5.74, 6) is 0.272. The van der Waals surface area contributed by atoms with Crippen LogP contribution in [-0.2, 0) is 5.54 Å². The molecule has 3 heteroatoms. The van der Waals surface area contributed by atoms with Crippen molar-refractivity contribution in [1.29, 1.82) is 0 Å². The Hall–Kier alpha value is -1.77. The van der Waals surface area contributed by atoms with Crippen LogP contribution in [-0.4, -0.2) is 14.9 Å². The number of aryl methyl sites for hydroxylation is 2. The van der Waals surface area contributed by atoms with Gasteiger partial charge in [-0.25, -0.2) is 0 Å². The van der Waals surface area contributed by atoms with E-state index in [0.717, 1.165) is 11.3 Å².